The molecule has 5 nitrogen and oxygen atoms in total. The molecule has 0 saturated carbocycles. The number of ether oxygens (including phenoxy) is 1. The first-order valence-electron chi connectivity index (χ1n) is 5.71. The van der Waals surface area contributed by atoms with Gasteiger partial charge in [-0.05, 0) is 32.0 Å². The summed E-state index contributed by atoms with van der Waals surface area (Å²) in [5.41, 5.74) is 0. The van der Waals surface area contributed by atoms with Crippen molar-refractivity contribution in [3.63, 3.8) is 0 Å². The van der Waals surface area contributed by atoms with Crippen LogP contribution in [0.5, 0.6) is 5.75 Å². The second kappa shape index (κ2) is 5.88. The minimum Gasteiger partial charge on any atom is -0.481 e. The molecular formula is C13H13BrN2O3. The van der Waals surface area contributed by atoms with E-state index < -0.39 is 6.10 Å². The Hall–Kier alpha value is -1.82. The first kappa shape index (κ1) is 13.6. The van der Waals surface area contributed by atoms with Crippen LogP contribution in [0.1, 0.15) is 12.7 Å². The molecule has 2 aromatic rings. The Balaban J connectivity index is 1.96. The summed E-state index contributed by atoms with van der Waals surface area (Å²) in [5, 5.41) is 6.31. The van der Waals surface area contributed by atoms with Gasteiger partial charge in [0.2, 0.25) is 0 Å². The summed E-state index contributed by atoms with van der Waals surface area (Å²) in [6.45, 7) is 3.42. The van der Waals surface area contributed by atoms with Gasteiger partial charge in [-0.2, -0.15) is 0 Å². The van der Waals surface area contributed by atoms with Gasteiger partial charge in [-0.25, -0.2) is 0 Å². The Morgan fingerprint density at radius 2 is 2.26 bits per heavy atom. The van der Waals surface area contributed by atoms with Crippen LogP contribution in [0.4, 0.5) is 5.82 Å². The molecular weight excluding hydrogens is 312 g/mol. The lowest BCUT2D eigenvalue weighted by atomic mass is 10.3. The van der Waals surface area contributed by atoms with E-state index >= 15 is 0 Å². The quantitative estimate of drug-likeness (QED) is 0.938. The Morgan fingerprint density at radius 1 is 1.47 bits per heavy atom. The molecule has 1 aromatic carbocycles. The van der Waals surface area contributed by atoms with Gasteiger partial charge < -0.3 is 14.6 Å². The second-order valence-corrected chi connectivity index (χ2v) is 4.95. The predicted molar refractivity (Wildman–Crippen MR) is 74.1 cm³/mol. The minimum atomic E-state index is -0.633. The Labute approximate surface area is 119 Å². The number of rotatable bonds is 4. The molecule has 19 heavy (non-hydrogen) atoms. The van der Waals surface area contributed by atoms with Crippen LogP contribution in [0.25, 0.3) is 0 Å². The lowest BCUT2D eigenvalue weighted by Gasteiger charge is -2.13. The number of hydrogen-bond donors (Lipinski definition) is 1. The van der Waals surface area contributed by atoms with Gasteiger partial charge in [0.25, 0.3) is 5.91 Å². The average Bonchev–Trinajstić information content (AvgIpc) is 2.74. The van der Waals surface area contributed by atoms with Crippen molar-refractivity contribution < 1.29 is 14.1 Å². The Bertz CT molecular complexity index is 583. The van der Waals surface area contributed by atoms with Crippen LogP contribution < -0.4 is 10.1 Å². The number of amides is 1. The number of hydrogen-bond acceptors (Lipinski definition) is 4. The van der Waals surface area contributed by atoms with Crippen molar-refractivity contribution in [2.45, 2.75) is 20.0 Å². The first-order valence-corrected chi connectivity index (χ1v) is 6.50. The van der Waals surface area contributed by atoms with E-state index in [0.717, 1.165) is 4.47 Å². The number of carbonyl (C=O) groups is 1. The molecule has 0 unspecified atom stereocenters. The summed E-state index contributed by atoms with van der Waals surface area (Å²) in [6, 6.07) is 8.95. The van der Waals surface area contributed by atoms with Gasteiger partial charge in [-0.15, -0.1) is 0 Å². The Kier molecular flexibility index (Phi) is 4.21. The Morgan fingerprint density at radius 3 is 2.89 bits per heavy atom. The molecule has 1 amide bonds. The molecule has 0 aliphatic heterocycles. The number of aromatic nitrogens is 1. The summed E-state index contributed by atoms with van der Waals surface area (Å²) in [4.78, 5) is 11.9. The van der Waals surface area contributed by atoms with Crippen LogP contribution in [-0.4, -0.2) is 17.2 Å². The maximum atomic E-state index is 11.9. The number of anilines is 1. The highest BCUT2D eigenvalue weighted by Gasteiger charge is 2.16. The van der Waals surface area contributed by atoms with Crippen molar-refractivity contribution in [3.8, 4) is 5.75 Å². The van der Waals surface area contributed by atoms with Crippen LogP contribution in [0.2, 0.25) is 0 Å². The van der Waals surface area contributed by atoms with Crippen LogP contribution in [0, 0.1) is 6.92 Å². The van der Waals surface area contributed by atoms with E-state index in [1.807, 2.05) is 12.1 Å². The van der Waals surface area contributed by atoms with E-state index in [0.29, 0.717) is 17.3 Å². The molecule has 0 bridgehead atoms. The highest BCUT2D eigenvalue weighted by molar-refractivity contribution is 9.10. The van der Waals surface area contributed by atoms with Gasteiger partial charge in [-0.1, -0.05) is 27.2 Å². The molecule has 1 atom stereocenters. The van der Waals surface area contributed by atoms with Crippen LogP contribution in [0.15, 0.2) is 39.3 Å². The molecule has 1 heterocycles. The SMILES string of the molecule is Cc1cc(NC(=O)[C@H](C)Oc2cccc(Br)c2)no1. The number of nitrogens with one attached hydrogen (secondary N) is 1. The van der Waals surface area contributed by atoms with Crippen molar-refractivity contribution >= 4 is 27.7 Å². The maximum absolute atomic E-state index is 11.9. The standard InChI is InChI=1S/C13H13BrN2O3/c1-8-6-12(16-19-8)15-13(17)9(2)18-11-5-3-4-10(14)7-11/h3-7,9H,1-2H3,(H,15,16,17)/t9-/m0/s1. The number of halogens is 1. The van der Waals surface area contributed by atoms with Crippen molar-refractivity contribution in [1.82, 2.24) is 5.16 Å². The number of nitrogens with zero attached hydrogens (tertiary/aromatic N) is 1. The summed E-state index contributed by atoms with van der Waals surface area (Å²) >= 11 is 3.34. The topological polar surface area (TPSA) is 64.4 Å². The lowest BCUT2D eigenvalue weighted by molar-refractivity contribution is -0.122. The van der Waals surface area contributed by atoms with Gasteiger partial charge in [0, 0.05) is 10.5 Å². The third kappa shape index (κ3) is 3.82. The van der Waals surface area contributed by atoms with Gasteiger partial charge >= 0.3 is 0 Å². The number of benzene rings is 1. The van der Waals surface area contributed by atoms with E-state index in [2.05, 4.69) is 26.4 Å². The smallest absolute Gasteiger partial charge is 0.266 e. The zero-order valence-corrected chi connectivity index (χ0v) is 12.1. The average molecular weight is 325 g/mol. The molecule has 0 saturated heterocycles. The second-order valence-electron chi connectivity index (χ2n) is 4.03. The van der Waals surface area contributed by atoms with Gasteiger partial charge in [0.05, 0.1) is 0 Å². The summed E-state index contributed by atoms with van der Waals surface area (Å²) in [5.74, 6) is 1.35. The fraction of sp³-hybridized carbons (Fsp3) is 0.231. The molecule has 1 aromatic heterocycles. The third-order valence-electron chi connectivity index (χ3n) is 2.36. The first-order chi connectivity index (χ1) is 9.04. The fourth-order valence-electron chi connectivity index (χ4n) is 1.45. The van der Waals surface area contributed by atoms with Gasteiger partial charge in [0.15, 0.2) is 11.9 Å². The highest BCUT2D eigenvalue weighted by Crippen LogP contribution is 2.19. The van der Waals surface area contributed by atoms with E-state index in [1.165, 1.54) is 0 Å². The number of carbonyl (C=O) groups excluding carboxylic acids is 1. The summed E-state index contributed by atoms with van der Waals surface area (Å²) in [7, 11) is 0. The van der Waals surface area contributed by atoms with Crippen molar-refractivity contribution in [1.29, 1.82) is 0 Å². The molecule has 2 rings (SSSR count). The zero-order valence-electron chi connectivity index (χ0n) is 10.5. The molecule has 6 heteroatoms. The van der Waals surface area contributed by atoms with Crippen LogP contribution in [-0.2, 0) is 4.79 Å². The monoisotopic (exact) mass is 324 g/mol. The summed E-state index contributed by atoms with van der Waals surface area (Å²) in [6.07, 6.45) is -0.633. The molecule has 0 aliphatic rings. The molecule has 0 aliphatic carbocycles. The van der Waals surface area contributed by atoms with Crippen molar-refractivity contribution in [3.05, 3.63) is 40.6 Å². The molecule has 1 N–H and O–H groups in total. The molecule has 0 spiro atoms. The molecule has 0 fully saturated rings. The van der Waals surface area contributed by atoms with Gasteiger partial charge in [0.1, 0.15) is 11.5 Å². The summed E-state index contributed by atoms with van der Waals surface area (Å²) < 4.78 is 11.3. The third-order valence-corrected chi connectivity index (χ3v) is 2.85. The van der Waals surface area contributed by atoms with E-state index in [1.54, 1.807) is 32.0 Å². The van der Waals surface area contributed by atoms with Crippen molar-refractivity contribution in [2.24, 2.45) is 0 Å². The van der Waals surface area contributed by atoms with Crippen molar-refractivity contribution in [2.75, 3.05) is 5.32 Å². The zero-order chi connectivity index (χ0) is 13.8. The minimum absolute atomic E-state index is 0.284. The molecule has 0 radical (unpaired) electrons. The van der Waals surface area contributed by atoms with E-state index in [-0.39, 0.29) is 5.91 Å². The lowest BCUT2D eigenvalue weighted by Crippen LogP contribution is -2.30. The van der Waals surface area contributed by atoms with E-state index in [9.17, 15) is 4.79 Å². The van der Waals surface area contributed by atoms with Gasteiger partial charge in [-0.3, -0.25) is 4.79 Å². The largest absolute Gasteiger partial charge is 0.481 e. The normalized spacial score (nSPS) is 11.9. The molecule has 100 valence electrons. The predicted octanol–water partition coefficient (Wildman–Crippen LogP) is 3.15. The highest BCUT2D eigenvalue weighted by atomic mass is 79.9. The van der Waals surface area contributed by atoms with Crippen LogP contribution in [0.3, 0.4) is 0 Å². The maximum Gasteiger partial charge on any atom is 0.266 e. The van der Waals surface area contributed by atoms with E-state index in [4.69, 9.17) is 9.26 Å². The number of aryl methyl sites for hydroxylation is 1. The van der Waals surface area contributed by atoms with Crippen LogP contribution >= 0.6 is 15.9 Å². The fourth-order valence-corrected chi connectivity index (χ4v) is 1.83.